The van der Waals surface area contributed by atoms with E-state index >= 15 is 0 Å². The van der Waals surface area contributed by atoms with E-state index < -0.39 is 5.97 Å². The fourth-order valence-corrected chi connectivity index (χ4v) is 3.25. The number of carboxylic acid groups (broad SMARTS) is 1. The van der Waals surface area contributed by atoms with Crippen LogP contribution in [0, 0.1) is 0 Å². The minimum Gasteiger partial charge on any atom is -0.497 e. The molecule has 1 aliphatic heterocycles. The molecule has 110 valence electrons. The number of thioether (sulfide) groups is 1. The van der Waals surface area contributed by atoms with Crippen LogP contribution in [-0.2, 0) is 0 Å². The molecule has 0 saturated heterocycles. The van der Waals surface area contributed by atoms with Crippen molar-refractivity contribution < 1.29 is 14.6 Å². The topological polar surface area (TPSA) is 86.7 Å². The number of rotatable bonds is 3. The molecule has 0 aliphatic carbocycles. The van der Waals surface area contributed by atoms with E-state index in [1.807, 2.05) is 12.1 Å². The minimum absolute atomic E-state index is 0.179. The average molecular weight is 305 g/mol. The van der Waals surface area contributed by atoms with E-state index in [0.717, 1.165) is 35.6 Å². The van der Waals surface area contributed by atoms with Crippen molar-refractivity contribution in [3.05, 3.63) is 23.9 Å². The molecule has 7 heteroatoms. The van der Waals surface area contributed by atoms with Gasteiger partial charge in [-0.15, -0.1) is 0 Å². The maximum absolute atomic E-state index is 11.5. The Morgan fingerprint density at radius 1 is 1.48 bits per heavy atom. The average Bonchev–Trinajstić information content (AvgIpc) is 2.86. The van der Waals surface area contributed by atoms with Gasteiger partial charge in [0.05, 0.1) is 12.0 Å². The van der Waals surface area contributed by atoms with Gasteiger partial charge in [-0.2, -0.15) is 0 Å². The van der Waals surface area contributed by atoms with Gasteiger partial charge in [-0.3, -0.25) is 4.99 Å². The van der Waals surface area contributed by atoms with Gasteiger partial charge in [-0.25, -0.2) is 4.79 Å². The van der Waals surface area contributed by atoms with Gasteiger partial charge >= 0.3 is 5.97 Å². The van der Waals surface area contributed by atoms with Gasteiger partial charge < -0.3 is 20.1 Å². The third kappa shape index (κ3) is 2.69. The number of nitrogens with one attached hydrogen (secondary N) is 2. The summed E-state index contributed by atoms with van der Waals surface area (Å²) in [7, 11) is 1.59. The highest BCUT2D eigenvalue weighted by Crippen LogP contribution is 2.34. The molecule has 1 aromatic heterocycles. The molecule has 0 fully saturated rings. The molecule has 0 bridgehead atoms. The molecule has 2 heterocycles. The van der Waals surface area contributed by atoms with Crippen LogP contribution >= 0.6 is 11.8 Å². The van der Waals surface area contributed by atoms with Crippen LogP contribution in [0.4, 0.5) is 0 Å². The van der Waals surface area contributed by atoms with E-state index in [1.165, 1.54) is 11.8 Å². The summed E-state index contributed by atoms with van der Waals surface area (Å²) < 4.78 is 5.22. The van der Waals surface area contributed by atoms with Gasteiger partial charge in [0, 0.05) is 24.0 Å². The standard InChI is InChI=1S/C14H15N3O3S/c1-20-8-3-4-10-9(7-8)12(11(17-10)13(18)19)21-14-15-5-2-6-16-14/h3-4,7,17H,2,5-6H2,1H3,(H,15,16)(H,18,19). The van der Waals surface area contributed by atoms with Crippen molar-refractivity contribution in [2.24, 2.45) is 4.99 Å². The van der Waals surface area contributed by atoms with Gasteiger partial charge in [0.1, 0.15) is 11.4 Å². The van der Waals surface area contributed by atoms with Crippen molar-refractivity contribution in [3.8, 4) is 5.75 Å². The predicted octanol–water partition coefficient (Wildman–Crippen LogP) is 2.32. The Bertz CT molecular complexity index is 724. The Kier molecular flexibility index (Phi) is 3.74. The van der Waals surface area contributed by atoms with Crippen molar-refractivity contribution in [3.63, 3.8) is 0 Å². The second-order valence-electron chi connectivity index (χ2n) is 4.62. The summed E-state index contributed by atoms with van der Waals surface area (Å²) in [6, 6.07) is 5.46. The van der Waals surface area contributed by atoms with Crippen LogP contribution in [0.1, 0.15) is 16.9 Å². The molecule has 3 rings (SSSR count). The lowest BCUT2D eigenvalue weighted by Gasteiger charge is -2.13. The zero-order chi connectivity index (χ0) is 14.8. The SMILES string of the molecule is COc1ccc2[nH]c(C(=O)O)c(SC3=NCCCN3)c2c1. The summed E-state index contributed by atoms with van der Waals surface area (Å²) in [5.74, 6) is -0.289. The quantitative estimate of drug-likeness (QED) is 0.810. The summed E-state index contributed by atoms with van der Waals surface area (Å²) in [6.07, 6.45) is 0.998. The van der Waals surface area contributed by atoms with Gasteiger partial charge in [0.25, 0.3) is 0 Å². The molecule has 0 amide bonds. The number of aromatic carboxylic acids is 1. The molecular formula is C14H15N3O3S. The van der Waals surface area contributed by atoms with Crippen LogP contribution in [0.25, 0.3) is 10.9 Å². The van der Waals surface area contributed by atoms with E-state index in [-0.39, 0.29) is 5.69 Å². The molecule has 1 aliphatic rings. The largest absolute Gasteiger partial charge is 0.497 e. The summed E-state index contributed by atoms with van der Waals surface area (Å²) in [5, 5.41) is 14.2. The van der Waals surface area contributed by atoms with Crippen molar-refractivity contribution in [1.82, 2.24) is 10.3 Å². The summed E-state index contributed by atoms with van der Waals surface area (Å²) >= 11 is 1.35. The second kappa shape index (κ2) is 5.69. The van der Waals surface area contributed by atoms with E-state index in [1.54, 1.807) is 13.2 Å². The number of H-pyrrole nitrogens is 1. The first-order valence-electron chi connectivity index (χ1n) is 6.58. The molecule has 0 radical (unpaired) electrons. The lowest BCUT2D eigenvalue weighted by atomic mass is 10.2. The van der Waals surface area contributed by atoms with Crippen molar-refractivity contribution in [2.75, 3.05) is 20.2 Å². The third-order valence-electron chi connectivity index (χ3n) is 3.24. The van der Waals surface area contributed by atoms with Crippen LogP contribution in [0.15, 0.2) is 28.1 Å². The summed E-state index contributed by atoms with van der Waals surface area (Å²) in [5.41, 5.74) is 0.949. The van der Waals surface area contributed by atoms with Gasteiger partial charge in [0.15, 0.2) is 5.17 Å². The number of nitrogens with zero attached hydrogens (tertiary/aromatic N) is 1. The normalized spacial score (nSPS) is 14.6. The minimum atomic E-state index is -0.982. The number of aliphatic imine (C=N–C) groups is 1. The molecule has 1 aromatic carbocycles. The van der Waals surface area contributed by atoms with Crippen LogP contribution in [0.5, 0.6) is 5.75 Å². The van der Waals surface area contributed by atoms with E-state index in [0.29, 0.717) is 10.6 Å². The Morgan fingerprint density at radius 2 is 2.33 bits per heavy atom. The molecule has 6 nitrogen and oxygen atoms in total. The number of methoxy groups -OCH3 is 1. The van der Waals surface area contributed by atoms with Crippen LogP contribution in [0.2, 0.25) is 0 Å². The van der Waals surface area contributed by atoms with Gasteiger partial charge in [-0.1, -0.05) is 0 Å². The Labute approximate surface area is 125 Å². The number of aromatic amines is 1. The molecule has 0 atom stereocenters. The zero-order valence-electron chi connectivity index (χ0n) is 11.5. The first kappa shape index (κ1) is 13.8. The number of hydrogen-bond acceptors (Lipinski definition) is 5. The molecule has 0 saturated carbocycles. The number of hydrogen-bond donors (Lipinski definition) is 3. The monoisotopic (exact) mass is 305 g/mol. The lowest BCUT2D eigenvalue weighted by Crippen LogP contribution is -2.26. The van der Waals surface area contributed by atoms with Crippen molar-refractivity contribution in [2.45, 2.75) is 11.3 Å². The third-order valence-corrected chi connectivity index (χ3v) is 4.33. The van der Waals surface area contributed by atoms with E-state index in [4.69, 9.17) is 4.74 Å². The maximum Gasteiger partial charge on any atom is 0.353 e. The number of ether oxygens (including phenoxy) is 1. The number of carboxylic acids is 1. The Morgan fingerprint density at radius 3 is 3.00 bits per heavy atom. The molecule has 0 unspecified atom stereocenters. The zero-order valence-corrected chi connectivity index (χ0v) is 12.3. The molecule has 21 heavy (non-hydrogen) atoms. The lowest BCUT2D eigenvalue weighted by molar-refractivity contribution is 0.0688. The highest BCUT2D eigenvalue weighted by Gasteiger charge is 2.20. The van der Waals surface area contributed by atoms with Crippen LogP contribution in [0.3, 0.4) is 0 Å². The summed E-state index contributed by atoms with van der Waals surface area (Å²) in [4.78, 5) is 19.4. The Balaban J connectivity index is 2.09. The smallest absolute Gasteiger partial charge is 0.353 e. The second-order valence-corrected chi connectivity index (χ2v) is 5.61. The first-order valence-corrected chi connectivity index (χ1v) is 7.40. The molecule has 0 spiro atoms. The molecule has 2 aromatic rings. The fraction of sp³-hybridized carbons (Fsp3) is 0.286. The first-order chi connectivity index (χ1) is 10.2. The highest BCUT2D eigenvalue weighted by atomic mass is 32.2. The maximum atomic E-state index is 11.5. The number of aromatic nitrogens is 1. The van der Waals surface area contributed by atoms with Crippen LogP contribution in [-0.4, -0.2) is 41.4 Å². The number of fused-ring (bicyclic) bond motifs is 1. The fourth-order valence-electron chi connectivity index (χ4n) is 2.21. The molecule has 3 N–H and O–H groups in total. The number of carbonyl (C=O) groups is 1. The van der Waals surface area contributed by atoms with E-state index in [9.17, 15) is 9.90 Å². The number of benzene rings is 1. The summed E-state index contributed by atoms with van der Waals surface area (Å²) in [6.45, 7) is 1.63. The van der Waals surface area contributed by atoms with E-state index in [2.05, 4.69) is 15.3 Å². The van der Waals surface area contributed by atoms with Gasteiger partial charge in [-0.05, 0) is 36.4 Å². The van der Waals surface area contributed by atoms with Gasteiger partial charge in [0.2, 0.25) is 0 Å². The van der Waals surface area contributed by atoms with Crippen molar-refractivity contribution in [1.29, 1.82) is 0 Å². The predicted molar refractivity (Wildman–Crippen MR) is 82.6 cm³/mol. The number of amidine groups is 1. The highest BCUT2D eigenvalue weighted by molar-refractivity contribution is 8.14. The Hall–Kier alpha value is -2.15. The van der Waals surface area contributed by atoms with Crippen LogP contribution < -0.4 is 10.1 Å². The van der Waals surface area contributed by atoms with Crippen molar-refractivity contribution >= 4 is 33.8 Å². The molecular weight excluding hydrogens is 290 g/mol.